The maximum atomic E-state index is 4.37. The van der Waals surface area contributed by atoms with Crippen molar-refractivity contribution in [2.75, 3.05) is 6.54 Å². The first kappa shape index (κ1) is 10.7. The van der Waals surface area contributed by atoms with E-state index in [-0.39, 0.29) is 0 Å². The molecule has 15 heavy (non-hydrogen) atoms. The van der Waals surface area contributed by atoms with Gasteiger partial charge < -0.3 is 5.32 Å². The van der Waals surface area contributed by atoms with E-state index in [1.54, 1.807) is 0 Å². The highest BCUT2D eigenvalue weighted by molar-refractivity contribution is 4.94. The molecule has 84 valence electrons. The minimum atomic E-state index is 0.796. The molecular formula is C12H21N3. The smallest absolute Gasteiger partial charge is 0.0593 e. The lowest BCUT2D eigenvalue weighted by Crippen LogP contribution is -2.27. The molecule has 1 aromatic heterocycles. The minimum absolute atomic E-state index is 0.796. The van der Waals surface area contributed by atoms with Gasteiger partial charge in [0.05, 0.1) is 5.69 Å². The Kier molecular flexibility index (Phi) is 3.78. The predicted octanol–water partition coefficient (Wildman–Crippen LogP) is 2.11. The number of nitrogens with one attached hydrogen (secondary N) is 1. The monoisotopic (exact) mass is 207 g/mol. The van der Waals surface area contributed by atoms with E-state index in [0.29, 0.717) is 0 Å². The van der Waals surface area contributed by atoms with E-state index in [0.717, 1.165) is 24.8 Å². The van der Waals surface area contributed by atoms with Crippen LogP contribution in [0, 0.1) is 6.92 Å². The highest BCUT2D eigenvalue weighted by Crippen LogP contribution is 2.17. The van der Waals surface area contributed by atoms with Crippen LogP contribution in [-0.2, 0) is 6.54 Å². The second kappa shape index (κ2) is 5.31. The van der Waals surface area contributed by atoms with Crippen LogP contribution in [0.25, 0.3) is 0 Å². The quantitative estimate of drug-likeness (QED) is 0.749. The number of aromatic nitrogens is 2. The average molecular weight is 207 g/mol. The second-order valence-electron chi connectivity index (χ2n) is 4.51. The lowest BCUT2D eigenvalue weighted by Gasteiger charge is -2.11. The molecular weight excluding hydrogens is 186 g/mol. The van der Waals surface area contributed by atoms with Gasteiger partial charge in [0.25, 0.3) is 0 Å². The van der Waals surface area contributed by atoms with Crippen molar-refractivity contribution in [3.63, 3.8) is 0 Å². The van der Waals surface area contributed by atoms with Gasteiger partial charge in [0.1, 0.15) is 0 Å². The van der Waals surface area contributed by atoms with E-state index in [2.05, 4.69) is 22.7 Å². The summed E-state index contributed by atoms with van der Waals surface area (Å²) in [6, 6.07) is 2.86. The largest absolute Gasteiger partial charge is 0.314 e. The topological polar surface area (TPSA) is 29.9 Å². The second-order valence-corrected chi connectivity index (χ2v) is 4.51. The standard InChI is InChI=1S/C12H21N3/c1-11-7-10-15(14-11)9-4-8-13-12-5-2-3-6-12/h7,10,12-13H,2-6,8-9H2,1H3. The summed E-state index contributed by atoms with van der Waals surface area (Å²) in [6.45, 7) is 4.20. The van der Waals surface area contributed by atoms with Gasteiger partial charge in [-0.3, -0.25) is 4.68 Å². The summed E-state index contributed by atoms with van der Waals surface area (Å²) in [5.41, 5.74) is 1.11. The molecule has 1 fully saturated rings. The van der Waals surface area contributed by atoms with Crippen LogP contribution < -0.4 is 5.32 Å². The van der Waals surface area contributed by atoms with Crippen LogP contribution >= 0.6 is 0 Å². The summed E-state index contributed by atoms with van der Waals surface area (Å²) >= 11 is 0. The van der Waals surface area contributed by atoms with Gasteiger partial charge in [-0.15, -0.1) is 0 Å². The molecule has 3 nitrogen and oxygen atoms in total. The van der Waals surface area contributed by atoms with Gasteiger partial charge in [-0.2, -0.15) is 5.10 Å². The molecule has 1 aliphatic carbocycles. The Hall–Kier alpha value is -0.830. The third-order valence-electron chi connectivity index (χ3n) is 3.13. The maximum absolute atomic E-state index is 4.37. The third-order valence-corrected chi connectivity index (χ3v) is 3.13. The van der Waals surface area contributed by atoms with Crippen LogP contribution in [0.15, 0.2) is 12.3 Å². The van der Waals surface area contributed by atoms with Crippen LogP contribution in [0.4, 0.5) is 0 Å². The fourth-order valence-corrected chi connectivity index (χ4v) is 2.26. The van der Waals surface area contributed by atoms with Crippen LogP contribution in [0.2, 0.25) is 0 Å². The molecule has 1 aromatic rings. The van der Waals surface area contributed by atoms with Crippen LogP contribution in [0.3, 0.4) is 0 Å². The summed E-state index contributed by atoms with van der Waals surface area (Å²) in [7, 11) is 0. The van der Waals surface area contributed by atoms with Crippen molar-refractivity contribution in [2.45, 2.75) is 51.6 Å². The Morgan fingerprint density at radius 3 is 2.93 bits per heavy atom. The Labute approximate surface area is 91.9 Å². The lowest BCUT2D eigenvalue weighted by atomic mass is 10.2. The zero-order valence-corrected chi connectivity index (χ0v) is 9.58. The van der Waals surface area contributed by atoms with Crippen LogP contribution in [0.1, 0.15) is 37.8 Å². The van der Waals surface area contributed by atoms with Crippen molar-refractivity contribution in [1.29, 1.82) is 0 Å². The van der Waals surface area contributed by atoms with Crippen LogP contribution in [0.5, 0.6) is 0 Å². The molecule has 0 unspecified atom stereocenters. The fraction of sp³-hybridized carbons (Fsp3) is 0.750. The molecule has 3 heteroatoms. The van der Waals surface area contributed by atoms with E-state index < -0.39 is 0 Å². The van der Waals surface area contributed by atoms with Crippen molar-refractivity contribution < 1.29 is 0 Å². The SMILES string of the molecule is Cc1ccn(CCCNC2CCCC2)n1. The molecule has 0 spiro atoms. The van der Waals surface area contributed by atoms with Crippen LogP contribution in [-0.4, -0.2) is 22.4 Å². The molecule has 0 atom stereocenters. The van der Waals surface area contributed by atoms with Gasteiger partial charge in [0.15, 0.2) is 0 Å². The lowest BCUT2D eigenvalue weighted by molar-refractivity contribution is 0.482. The van der Waals surface area contributed by atoms with Crippen molar-refractivity contribution in [3.05, 3.63) is 18.0 Å². The number of hydrogen-bond donors (Lipinski definition) is 1. The van der Waals surface area contributed by atoms with Crippen molar-refractivity contribution >= 4 is 0 Å². The van der Waals surface area contributed by atoms with Gasteiger partial charge >= 0.3 is 0 Å². The number of rotatable bonds is 5. The highest BCUT2D eigenvalue weighted by atomic mass is 15.3. The molecule has 0 aliphatic heterocycles. The first-order valence-corrected chi connectivity index (χ1v) is 6.08. The number of aryl methyl sites for hydroxylation is 2. The van der Waals surface area contributed by atoms with Gasteiger partial charge in [0, 0.05) is 18.8 Å². The summed E-state index contributed by atoms with van der Waals surface area (Å²) < 4.78 is 2.03. The van der Waals surface area contributed by atoms with Gasteiger partial charge in [0.2, 0.25) is 0 Å². The van der Waals surface area contributed by atoms with Crippen molar-refractivity contribution in [2.24, 2.45) is 0 Å². The molecule has 1 aliphatic rings. The Bertz CT molecular complexity index is 287. The Morgan fingerprint density at radius 1 is 1.47 bits per heavy atom. The third kappa shape index (κ3) is 3.34. The predicted molar refractivity (Wildman–Crippen MR) is 61.8 cm³/mol. The minimum Gasteiger partial charge on any atom is -0.314 e. The van der Waals surface area contributed by atoms with Crippen molar-refractivity contribution in [1.82, 2.24) is 15.1 Å². The molecule has 1 heterocycles. The first-order chi connectivity index (χ1) is 7.34. The fourth-order valence-electron chi connectivity index (χ4n) is 2.26. The highest BCUT2D eigenvalue weighted by Gasteiger charge is 2.13. The molecule has 1 N–H and O–H groups in total. The van der Waals surface area contributed by atoms with Gasteiger partial charge in [-0.25, -0.2) is 0 Å². The number of hydrogen-bond acceptors (Lipinski definition) is 2. The summed E-state index contributed by atoms with van der Waals surface area (Å²) in [4.78, 5) is 0. The van der Waals surface area contributed by atoms with E-state index in [1.165, 1.54) is 32.1 Å². The molecule has 0 radical (unpaired) electrons. The number of nitrogens with zero attached hydrogens (tertiary/aromatic N) is 2. The van der Waals surface area contributed by atoms with Gasteiger partial charge in [-0.05, 0) is 38.8 Å². The van der Waals surface area contributed by atoms with Gasteiger partial charge in [-0.1, -0.05) is 12.8 Å². The Morgan fingerprint density at radius 2 is 2.27 bits per heavy atom. The summed E-state index contributed by atoms with van der Waals surface area (Å²) in [6.07, 6.45) is 8.82. The maximum Gasteiger partial charge on any atom is 0.0593 e. The van der Waals surface area contributed by atoms with Crippen molar-refractivity contribution in [3.8, 4) is 0 Å². The van der Waals surface area contributed by atoms with E-state index in [9.17, 15) is 0 Å². The zero-order chi connectivity index (χ0) is 10.5. The van der Waals surface area contributed by atoms with E-state index in [1.807, 2.05) is 11.6 Å². The van der Waals surface area contributed by atoms with E-state index in [4.69, 9.17) is 0 Å². The normalized spacial score (nSPS) is 17.4. The Balaban J connectivity index is 1.58. The van der Waals surface area contributed by atoms with E-state index >= 15 is 0 Å². The molecule has 1 saturated carbocycles. The first-order valence-electron chi connectivity index (χ1n) is 6.08. The molecule has 0 saturated heterocycles. The molecule has 0 amide bonds. The zero-order valence-electron chi connectivity index (χ0n) is 9.58. The average Bonchev–Trinajstić information content (AvgIpc) is 2.84. The molecule has 0 aromatic carbocycles. The summed E-state index contributed by atoms with van der Waals surface area (Å²) in [5, 5.41) is 7.99. The summed E-state index contributed by atoms with van der Waals surface area (Å²) in [5.74, 6) is 0. The molecule has 2 rings (SSSR count). The molecule has 0 bridgehead atoms.